The van der Waals surface area contributed by atoms with E-state index in [0.29, 0.717) is 0 Å². The van der Waals surface area contributed by atoms with Crippen molar-refractivity contribution in [1.29, 1.82) is 0 Å². The maximum Gasteiger partial charge on any atom is 0.159 e. The average molecular weight is 336 g/mol. The van der Waals surface area contributed by atoms with Gasteiger partial charge in [0.1, 0.15) is 0 Å². The van der Waals surface area contributed by atoms with Crippen LogP contribution in [0.25, 0.3) is 11.4 Å². The van der Waals surface area contributed by atoms with Gasteiger partial charge in [-0.1, -0.05) is 6.92 Å². The van der Waals surface area contributed by atoms with E-state index in [4.69, 9.17) is 4.98 Å². The highest BCUT2D eigenvalue weighted by Crippen LogP contribution is 2.24. The van der Waals surface area contributed by atoms with Crippen LogP contribution in [0.1, 0.15) is 27.9 Å². The molecule has 0 saturated heterocycles. The molecule has 5 heteroatoms. The lowest BCUT2D eigenvalue weighted by molar-refractivity contribution is 0.245. The molecule has 3 aromatic heterocycles. The molecule has 1 aliphatic rings. The number of nitrogens with zero attached hydrogens (tertiary/aromatic N) is 4. The molecule has 0 aliphatic carbocycles. The second-order valence-electron chi connectivity index (χ2n) is 6.08. The molecule has 4 rings (SSSR count). The van der Waals surface area contributed by atoms with Crippen molar-refractivity contribution in [3.8, 4) is 11.4 Å². The number of pyridine rings is 1. The molecule has 122 valence electrons. The lowest BCUT2D eigenvalue weighted by Crippen LogP contribution is -2.30. The van der Waals surface area contributed by atoms with Crippen LogP contribution in [-0.2, 0) is 25.9 Å². The minimum Gasteiger partial charge on any atom is -0.293 e. The molecule has 0 N–H and O–H groups in total. The van der Waals surface area contributed by atoms with E-state index in [1.807, 2.05) is 29.7 Å². The van der Waals surface area contributed by atoms with Crippen molar-refractivity contribution >= 4 is 11.3 Å². The monoisotopic (exact) mass is 336 g/mol. The molecule has 1 aliphatic heterocycles. The predicted octanol–water partition coefficient (Wildman–Crippen LogP) is 3.72. The summed E-state index contributed by atoms with van der Waals surface area (Å²) in [7, 11) is 0. The molecular formula is C19H20N4S. The third-order valence-electron chi connectivity index (χ3n) is 4.40. The van der Waals surface area contributed by atoms with Crippen molar-refractivity contribution in [3.05, 3.63) is 63.9 Å². The fourth-order valence-corrected chi connectivity index (χ4v) is 4.07. The van der Waals surface area contributed by atoms with Gasteiger partial charge < -0.3 is 0 Å². The predicted molar refractivity (Wildman–Crippen MR) is 96.8 cm³/mol. The summed E-state index contributed by atoms with van der Waals surface area (Å²) in [6.45, 7) is 5.23. The normalized spacial score (nSPS) is 14.5. The van der Waals surface area contributed by atoms with Crippen LogP contribution >= 0.6 is 11.3 Å². The van der Waals surface area contributed by atoms with Gasteiger partial charge in [0.05, 0.1) is 5.69 Å². The van der Waals surface area contributed by atoms with E-state index < -0.39 is 0 Å². The molecular weight excluding hydrogens is 316 g/mol. The Morgan fingerprint density at radius 2 is 1.96 bits per heavy atom. The van der Waals surface area contributed by atoms with Gasteiger partial charge in [-0.25, -0.2) is 9.97 Å². The molecule has 0 spiro atoms. The number of aromatic nitrogens is 3. The molecule has 0 bridgehead atoms. The molecule has 3 aromatic rings. The van der Waals surface area contributed by atoms with Gasteiger partial charge in [-0.15, -0.1) is 11.3 Å². The third kappa shape index (κ3) is 3.23. The van der Waals surface area contributed by atoms with Crippen LogP contribution in [0.15, 0.2) is 42.9 Å². The van der Waals surface area contributed by atoms with Crippen molar-refractivity contribution in [2.24, 2.45) is 0 Å². The maximum absolute atomic E-state index is 4.78. The number of hydrogen-bond donors (Lipinski definition) is 0. The summed E-state index contributed by atoms with van der Waals surface area (Å²) in [6.07, 6.45) is 7.67. The number of fused-ring (bicyclic) bond motifs is 1. The van der Waals surface area contributed by atoms with Gasteiger partial charge in [0, 0.05) is 65.5 Å². The summed E-state index contributed by atoms with van der Waals surface area (Å²) in [5, 5.41) is 0. The smallest absolute Gasteiger partial charge is 0.159 e. The van der Waals surface area contributed by atoms with Crippen LogP contribution in [0.4, 0.5) is 0 Å². The van der Waals surface area contributed by atoms with E-state index >= 15 is 0 Å². The van der Waals surface area contributed by atoms with Gasteiger partial charge in [0.25, 0.3) is 0 Å². The van der Waals surface area contributed by atoms with E-state index in [0.717, 1.165) is 43.9 Å². The van der Waals surface area contributed by atoms with Crippen LogP contribution in [-0.4, -0.2) is 26.4 Å². The van der Waals surface area contributed by atoms with Crippen LogP contribution in [0, 0.1) is 0 Å². The lowest BCUT2D eigenvalue weighted by atomic mass is 10.1. The number of hydrogen-bond acceptors (Lipinski definition) is 5. The van der Waals surface area contributed by atoms with Crippen LogP contribution in [0.3, 0.4) is 0 Å². The van der Waals surface area contributed by atoms with Gasteiger partial charge in [-0.2, -0.15) is 0 Å². The maximum atomic E-state index is 4.78. The van der Waals surface area contributed by atoms with Crippen molar-refractivity contribution in [2.75, 3.05) is 6.54 Å². The average Bonchev–Trinajstić information content (AvgIpc) is 3.09. The van der Waals surface area contributed by atoms with E-state index in [-0.39, 0.29) is 0 Å². The highest BCUT2D eigenvalue weighted by Gasteiger charge is 2.19. The second kappa shape index (κ2) is 6.79. The molecule has 0 radical (unpaired) electrons. The Hall–Kier alpha value is -2.11. The zero-order chi connectivity index (χ0) is 16.4. The van der Waals surface area contributed by atoms with E-state index in [1.165, 1.54) is 21.0 Å². The minimum atomic E-state index is 0.801. The molecule has 0 fully saturated rings. The number of thiophene rings is 1. The zero-order valence-corrected chi connectivity index (χ0v) is 14.6. The Labute approximate surface area is 146 Å². The summed E-state index contributed by atoms with van der Waals surface area (Å²) in [4.78, 5) is 18.8. The SMILES string of the molecule is CCc1ccc(CN2CCc3nc(-c4ccncc4)ncc3C2)s1. The highest BCUT2D eigenvalue weighted by atomic mass is 32.1. The van der Waals surface area contributed by atoms with E-state index in [1.54, 1.807) is 12.4 Å². The summed E-state index contributed by atoms with van der Waals surface area (Å²) >= 11 is 1.93. The fourth-order valence-electron chi connectivity index (χ4n) is 3.07. The first-order valence-corrected chi connectivity index (χ1v) is 9.18. The Morgan fingerprint density at radius 3 is 2.75 bits per heavy atom. The van der Waals surface area contributed by atoms with Crippen molar-refractivity contribution in [2.45, 2.75) is 32.9 Å². The van der Waals surface area contributed by atoms with E-state index in [2.05, 4.69) is 33.9 Å². The van der Waals surface area contributed by atoms with Gasteiger partial charge >= 0.3 is 0 Å². The molecule has 0 unspecified atom stereocenters. The van der Waals surface area contributed by atoms with Crippen molar-refractivity contribution < 1.29 is 0 Å². The summed E-state index contributed by atoms with van der Waals surface area (Å²) in [6, 6.07) is 8.43. The van der Waals surface area contributed by atoms with Crippen LogP contribution in [0.5, 0.6) is 0 Å². The zero-order valence-electron chi connectivity index (χ0n) is 13.8. The molecule has 24 heavy (non-hydrogen) atoms. The van der Waals surface area contributed by atoms with Gasteiger partial charge in [0.2, 0.25) is 0 Å². The summed E-state index contributed by atoms with van der Waals surface area (Å²) in [5.74, 6) is 0.801. The minimum absolute atomic E-state index is 0.801. The molecule has 0 saturated carbocycles. The first kappa shape index (κ1) is 15.4. The Balaban J connectivity index is 1.49. The molecule has 0 atom stereocenters. The van der Waals surface area contributed by atoms with Gasteiger partial charge in [-0.05, 0) is 30.7 Å². The third-order valence-corrected chi connectivity index (χ3v) is 5.61. The molecule has 4 nitrogen and oxygen atoms in total. The second-order valence-corrected chi connectivity index (χ2v) is 7.34. The molecule has 0 amide bonds. The largest absolute Gasteiger partial charge is 0.293 e. The van der Waals surface area contributed by atoms with Crippen LogP contribution in [0.2, 0.25) is 0 Å². The van der Waals surface area contributed by atoms with Gasteiger partial charge in [-0.3, -0.25) is 9.88 Å². The molecule has 4 heterocycles. The fraction of sp³-hybridized carbons (Fsp3) is 0.316. The van der Waals surface area contributed by atoms with Gasteiger partial charge in [0.15, 0.2) is 5.82 Å². The first-order chi connectivity index (χ1) is 11.8. The Bertz CT molecular complexity index is 828. The summed E-state index contributed by atoms with van der Waals surface area (Å²) in [5.41, 5.74) is 3.47. The first-order valence-electron chi connectivity index (χ1n) is 8.37. The number of aryl methyl sites for hydroxylation is 1. The Kier molecular flexibility index (Phi) is 4.36. The molecule has 0 aromatic carbocycles. The van der Waals surface area contributed by atoms with Crippen molar-refractivity contribution in [1.82, 2.24) is 19.9 Å². The highest BCUT2D eigenvalue weighted by molar-refractivity contribution is 7.11. The topological polar surface area (TPSA) is 41.9 Å². The summed E-state index contributed by atoms with van der Waals surface area (Å²) < 4.78 is 0. The standard InChI is InChI=1S/C19H20N4S/c1-2-16-3-4-17(24-16)13-23-10-7-18-15(12-23)11-21-19(22-18)14-5-8-20-9-6-14/h3-6,8-9,11H,2,7,10,12-13H2,1H3. The Morgan fingerprint density at radius 1 is 1.12 bits per heavy atom. The quantitative estimate of drug-likeness (QED) is 0.728. The van der Waals surface area contributed by atoms with E-state index in [9.17, 15) is 0 Å². The lowest BCUT2D eigenvalue weighted by Gasteiger charge is -2.27. The van der Waals surface area contributed by atoms with Crippen molar-refractivity contribution in [3.63, 3.8) is 0 Å². The van der Waals surface area contributed by atoms with Crippen LogP contribution < -0.4 is 0 Å². The number of rotatable bonds is 4.